The zero-order valence-corrected chi connectivity index (χ0v) is 13.7. The summed E-state index contributed by atoms with van der Waals surface area (Å²) in [7, 11) is 0. The molecular weight excluding hydrogens is 332 g/mol. The fraction of sp³-hybridized carbons (Fsp3) is 0.105. The van der Waals surface area contributed by atoms with Crippen LogP contribution in [0.5, 0.6) is 0 Å². The number of benzene rings is 2. The predicted octanol–water partition coefficient (Wildman–Crippen LogP) is 2.25. The zero-order chi connectivity index (χ0) is 18.1. The molecule has 2 aromatic carbocycles. The first-order chi connectivity index (χ1) is 12.6. The maximum atomic E-state index is 12.4. The second-order valence-electron chi connectivity index (χ2n) is 6.06. The van der Waals surface area contributed by atoms with Gasteiger partial charge in [-0.15, -0.1) is 0 Å². The van der Waals surface area contributed by atoms with Crippen LogP contribution in [0.1, 0.15) is 16.8 Å². The Kier molecular flexibility index (Phi) is 3.89. The lowest BCUT2D eigenvalue weighted by atomic mass is 10.1. The third kappa shape index (κ3) is 2.90. The molecule has 4 rings (SSSR count). The van der Waals surface area contributed by atoms with E-state index in [0.29, 0.717) is 16.9 Å². The molecule has 7 nitrogen and oxygen atoms in total. The van der Waals surface area contributed by atoms with Gasteiger partial charge in [0.05, 0.1) is 23.4 Å². The van der Waals surface area contributed by atoms with E-state index in [1.54, 1.807) is 36.5 Å². The Morgan fingerprint density at radius 1 is 1.04 bits per heavy atom. The van der Waals surface area contributed by atoms with Crippen LogP contribution in [0.2, 0.25) is 0 Å². The summed E-state index contributed by atoms with van der Waals surface area (Å²) < 4.78 is 0. The van der Waals surface area contributed by atoms with Gasteiger partial charge in [-0.1, -0.05) is 18.2 Å². The fourth-order valence-corrected chi connectivity index (χ4v) is 3.04. The number of hydrogen-bond donors (Lipinski definition) is 4. The van der Waals surface area contributed by atoms with Crippen molar-refractivity contribution in [1.82, 2.24) is 10.3 Å². The lowest BCUT2D eigenvalue weighted by Gasteiger charge is -2.14. The van der Waals surface area contributed by atoms with Crippen LogP contribution >= 0.6 is 0 Å². The molecule has 7 heteroatoms. The standard InChI is InChI=1S/C19H16N4O3/c24-17(21-14-7-3-6-13-11(14)8-9-20-13)10-16-19(26)22-15-5-2-1-4-12(15)18(25)23-16/h1-9,16,20H,10H2,(H,21,24)(H,22,26)(H,23,25). The number of para-hydroxylation sites is 1. The molecule has 130 valence electrons. The van der Waals surface area contributed by atoms with E-state index >= 15 is 0 Å². The van der Waals surface area contributed by atoms with E-state index < -0.39 is 11.9 Å². The van der Waals surface area contributed by atoms with Crippen LogP contribution in [0.25, 0.3) is 10.9 Å². The molecule has 0 radical (unpaired) electrons. The molecular formula is C19H16N4O3. The molecule has 0 aliphatic carbocycles. The van der Waals surface area contributed by atoms with Gasteiger partial charge in [0.15, 0.2) is 0 Å². The summed E-state index contributed by atoms with van der Waals surface area (Å²) >= 11 is 0. The summed E-state index contributed by atoms with van der Waals surface area (Å²) in [4.78, 5) is 40.2. The summed E-state index contributed by atoms with van der Waals surface area (Å²) in [6.45, 7) is 0. The molecule has 1 aliphatic heterocycles. The number of aromatic amines is 1. The fourth-order valence-electron chi connectivity index (χ4n) is 3.04. The van der Waals surface area contributed by atoms with Crippen LogP contribution in [0.3, 0.4) is 0 Å². The van der Waals surface area contributed by atoms with Crippen molar-refractivity contribution in [3.05, 3.63) is 60.3 Å². The van der Waals surface area contributed by atoms with Gasteiger partial charge in [0.2, 0.25) is 11.8 Å². The minimum Gasteiger partial charge on any atom is -0.361 e. The number of amides is 3. The van der Waals surface area contributed by atoms with Gasteiger partial charge in [0.1, 0.15) is 6.04 Å². The Balaban J connectivity index is 1.50. The summed E-state index contributed by atoms with van der Waals surface area (Å²) in [5.41, 5.74) is 2.37. The first-order valence-electron chi connectivity index (χ1n) is 8.18. The van der Waals surface area contributed by atoms with Crippen LogP contribution < -0.4 is 16.0 Å². The highest BCUT2D eigenvalue weighted by Crippen LogP contribution is 2.23. The highest BCUT2D eigenvalue weighted by atomic mass is 16.2. The molecule has 0 saturated carbocycles. The monoisotopic (exact) mass is 348 g/mol. The third-order valence-corrected chi connectivity index (χ3v) is 4.31. The van der Waals surface area contributed by atoms with Crippen molar-refractivity contribution in [1.29, 1.82) is 0 Å². The van der Waals surface area contributed by atoms with Crippen LogP contribution in [-0.4, -0.2) is 28.7 Å². The Labute approximate surface area is 148 Å². The van der Waals surface area contributed by atoms with Crippen LogP contribution in [0.4, 0.5) is 11.4 Å². The molecule has 0 fully saturated rings. The molecule has 1 unspecified atom stereocenters. The third-order valence-electron chi connectivity index (χ3n) is 4.31. The molecule has 0 bridgehead atoms. The Morgan fingerprint density at radius 3 is 2.77 bits per heavy atom. The van der Waals surface area contributed by atoms with Crippen molar-refractivity contribution in [3.63, 3.8) is 0 Å². The van der Waals surface area contributed by atoms with Gasteiger partial charge in [-0.05, 0) is 30.3 Å². The molecule has 0 spiro atoms. The Morgan fingerprint density at radius 2 is 1.88 bits per heavy atom. The first-order valence-corrected chi connectivity index (χ1v) is 8.18. The molecule has 0 saturated heterocycles. The predicted molar refractivity (Wildman–Crippen MR) is 97.9 cm³/mol. The lowest BCUT2D eigenvalue weighted by molar-refractivity contribution is -0.122. The maximum absolute atomic E-state index is 12.4. The Bertz CT molecular complexity index is 1020. The topological polar surface area (TPSA) is 103 Å². The number of hydrogen-bond acceptors (Lipinski definition) is 3. The molecule has 4 N–H and O–H groups in total. The summed E-state index contributed by atoms with van der Waals surface area (Å²) in [6.07, 6.45) is 1.63. The van der Waals surface area contributed by atoms with Gasteiger partial charge < -0.3 is 20.9 Å². The van der Waals surface area contributed by atoms with Gasteiger partial charge in [-0.25, -0.2) is 0 Å². The van der Waals surface area contributed by atoms with Gasteiger partial charge in [-0.3, -0.25) is 14.4 Å². The van der Waals surface area contributed by atoms with Crippen molar-refractivity contribution >= 4 is 40.0 Å². The van der Waals surface area contributed by atoms with Gasteiger partial charge >= 0.3 is 0 Å². The van der Waals surface area contributed by atoms with Crippen molar-refractivity contribution in [2.45, 2.75) is 12.5 Å². The maximum Gasteiger partial charge on any atom is 0.254 e. The number of anilines is 2. The minimum absolute atomic E-state index is 0.160. The number of carbonyl (C=O) groups is 3. The van der Waals surface area contributed by atoms with Gasteiger partial charge in [0, 0.05) is 17.1 Å². The Hall–Kier alpha value is -3.61. The van der Waals surface area contributed by atoms with Gasteiger partial charge in [0.25, 0.3) is 5.91 Å². The zero-order valence-electron chi connectivity index (χ0n) is 13.7. The van der Waals surface area contributed by atoms with Crippen LogP contribution in [-0.2, 0) is 9.59 Å². The highest BCUT2D eigenvalue weighted by molar-refractivity contribution is 6.11. The van der Waals surface area contributed by atoms with E-state index in [0.717, 1.165) is 10.9 Å². The van der Waals surface area contributed by atoms with Crippen molar-refractivity contribution < 1.29 is 14.4 Å². The van der Waals surface area contributed by atoms with E-state index in [1.807, 2.05) is 18.2 Å². The van der Waals surface area contributed by atoms with Crippen molar-refractivity contribution in [3.8, 4) is 0 Å². The van der Waals surface area contributed by atoms with E-state index in [-0.39, 0.29) is 18.2 Å². The molecule has 26 heavy (non-hydrogen) atoms. The first kappa shape index (κ1) is 15.9. The number of rotatable bonds is 3. The lowest BCUT2D eigenvalue weighted by Crippen LogP contribution is -2.43. The second-order valence-corrected chi connectivity index (χ2v) is 6.06. The SMILES string of the molecule is O=C(CC1NC(=O)c2ccccc2NC1=O)Nc1cccc2[nH]ccc12. The molecule has 3 aromatic rings. The molecule has 3 amide bonds. The summed E-state index contributed by atoms with van der Waals surface area (Å²) in [5, 5.41) is 8.99. The summed E-state index contributed by atoms with van der Waals surface area (Å²) in [6, 6.07) is 13.2. The highest BCUT2D eigenvalue weighted by Gasteiger charge is 2.29. The second kappa shape index (κ2) is 6.36. The average Bonchev–Trinajstić information content (AvgIpc) is 3.07. The van der Waals surface area contributed by atoms with E-state index in [4.69, 9.17) is 0 Å². The van der Waals surface area contributed by atoms with E-state index in [9.17, 15) is 14.4 Å². The molecule has 2 heterocycles. The number of carbonyl (C=O) groups excluding carboxylic acids is 3. The molecule has 1 aromatic heterocycles. The number of fused-ring (bicyclic) bond motifs is 2. The normalized spacial score (nSPS) is 16.4. The van der Waals surface area contributed by atoms with Gasteiger partial charge in [-0.2, -0.15) is 0 Å². The van der Waals surface area contributed by atoms with Crippen LogP contribution in [0, 0.1) is 0 Å². The van der Waals surface area contributed by atoms with E-state index in [2.05, 4.69) is 20.9 Å². The van der Waals surface area contributed by atoms with Crippen LogP contribution in [0.15, 0.2) is 54.7 Å². The number of aromatic nitrogens is 1. The summed E-state index contributed by atoms with van der Waals surface area (Å²) in [5.74, 6) is -1.16. The smallest absolute Gasteiger partial charge is 0.254 e. The average molecular weight is 348 g/mol. The van der Waals surface area contributed by atoms with E-state index in [1.165, 1.54) is 0 Å². The quantitative estimate of drug-likeness (QED) is 0.584. The number of nitrogens with one attached hydrogen (secondary N) is 4. The molecule has 1 atom stereocenters. The molecule has 1 aliphatic rings. The largest absolute Gasteiger partial charge is 0.361 e. The van der Waals surface area contributed by atoms with Crippen molar-refractivity contribution in [2.75, 3.05) is 10.6 Å². The number of H-pyrrole nitrogens is 1. The minimum atomic E-state index is -0.944. The van der Waals surface area contributed by atoms with Crippen molar-refractivity contribution in [2.24, 2.45) is 0 Å².